The molecule has 0 aliphatic carbocycles. The highest BCUT2D eigenvalue weighted by Crippen LogP contribution is 2.27. The molecule has 0 aliphatic heterocycles. The molecule has 0 bridgehead atoms. The van der Waals surface area contributed by atoms with Crippen molar-refractivity contribution < 1.29 is 9.13 Å². The average Bonchev–Trinajstić information content (AvgIpc) is 2.33. The molecule has 0 heterocycles. The Morgan fingerprint density at radius 2 is 1.76 bits per heavy atom. The quantitative estimate of drug-likeness (QED) is 0.785. The minimum Gasteiger partial charge on any atom is -0.486 e. The van der Waals surface area contributed by atoms with E-state index in [0.717, 1.165) is 5.56 Å². The van der Waals surface area contributed by atoms with Crippen molar-refractivity contribution in [1.82, 2.24) is 0 Å². The molecule has 88 valence electrons. The van der Waals surface area contributed by atoms with Crippen LogP contribution in [0.3, 0.4) is 0 Å². The van der Waals surface area contributed by atoms with Crippen LogP contribution >= 0.6 is 23.2 Å². The second-order valence-electron chi connectivity index (χ2n) is 3.43. The first-order valence-electron chi connectivity index (χ1n) is 4.98. The molecule has 17 heavy (non-hydrogen) atoms. The minimum absolute atomic E-state index is 0.181. The lowest BCUT2D eigenvalue weighted by Gasteiger charge is -2.09. The van der Waals surface area contributed by atoms with E-state index in [9.17, 15) is 4.39 Å². The summed E-state index contributed by atoms with van der Waals surface area (Å²) in [6, 6.07) is 11.5. The Bertz CT molecular complexity index is 529. The highest BCUT2D eigenvalue weighted by molar-refractivity contribution is 6.42. The first-order chi connectivity index (χ1) is 8.18. The molecule has 0 radical (unpaired) electrons. The van der Waals surface area contributed by atoms with E-state index in [-0.39, 0.29) is 12.4 Å². The molecule has 0 N–H and O–H groups in total. The van der Waals surface area contributed by atoms with Gasteiger partial charge in [0, 0.05) is 5.56 Å². The zero-order valence-corrected chi connectivity index (χ0v) is 10.3. The van der Waals surface area contributed by atoms with Crippen LogP contribution in [0, 0.1) is 5.82 Å². The molecule has 2 rings (SSSR count). The van der Waals surface area contributed by atoms with E-state index in [1.807, 2.05) is 0 Å². The topological polar surface area (TPSA) is 9.23 Å². The molecule has 0 aromatic heterocycles. The Morgan fingerprint density at radius 3 is 2.53 bits per heavy atom. The van der Waals surface area contributed by atoms with Crippen LogP contribution in [0.1, 0.15) is 5.56 Å². The van der Waals surface area contributed by atoms with Gasteiger partial charge in [0.05, 0.1) is 10.0 Å². The second kappa shape index (κ2) is 5.39. The zero-order valence-electron chi connectivity index (χ0n) is 8.79. The summed E-state index contributed by atoms with van der Waals surface area (Å²) in [5.41, 5.74) is 0.724. The fourth-order valence-corrected chi connectivity index (χ4v) is 1.75. The van der Waals surface area contributed by atoms with Crippen molar-refractivity contribution in [2.75, 3.05) is 0 Å². The van der Waals surface area contributed by atoms with E-state index >= 15 is 0 Å². The lowest BCUT2D eigenvalue weighted by Crippen LogP contribution is -1.98. The van der Waals surface area contributed by atoms with Gasteiger partial charge in [0.15, 0.2) is 11.6 Å². The number of hydrogen-bond donors (Lipinski definition) is 0. The largest absolute Gasteiger partial charge is 0.486 e. The van der Waals surface area contributed by atoms with E-state index in [2.05, 4.69) is 0 Å². The molecule has 2 aromatic carbocycles. The van der Waals surface area contributed by atoms with Crippen molar-refractivity contribution in [1.29, 1.82) is 0 Å². The maximum Gasteiger partial charge on any atom is 0.165 e. The van der Waals surface area contributed by atoms with Crippen LogP contribution in [0.25, 0.3) is 0 Å². The first-order valence-corrected chi connectivity index (χ1v) is 5.74. The van der Waals surface area contributed by atoms with Crippen LogP contribution in [-0.2, 0) is 6.61 Å². The molecule has 0 saturated heterocycles. The van der Waals surface area contributed by atoms with Gasteiger partial charge >= 0.3 is 0 Å². The maximum absolute atomic E-state index is 13.3. The number of hydrogen-bond acceptors (Lipinski definition) is 1. The second-order valence-corrected chi connectivity index (χ2v) is 4.22. The van der Waals surface area contributed by atoms with E-state index in [0.29, 0.717) is 10.0 Å². The maximum atomic E-state index is 13.3. The van der Waals surface area contributed by atoms with E-state index in [1.54, 1.807) is 36.4 Å². The van der Waals surface area contributed by atoms with Crippen LogP contribution in [0.2, 0.25) is 10.0 Å². The highest BCUT2D eigenvalue weighted by Gasteiger charge is 2.06. The van der Waals surface area contributed by atoms with Crippen LogP contribution in [0.4, 0.5) is 4.39 Å². The number of benzene rings is 2. The molecule has 0 atom stereocenters. The molecule has 0 fully saturated rings. The van der Waals surface area contributed by atoms with Gasteiger partial charge in [-0.3, -0.25) is 0 Å². The number of halogens is 3. The van der Waals surface area contributed by atoms with E-state index < -0.39 is 5.82 Å². The fourth-order valence-electron chi connectivity index (χ4n) is 1.38. The van der Waals surface area contributed by atoms with Crippen molar-refractivity contribution in [3.63, 3.8) is 0 Å². The summed E-state index contributed by atoms with van der Waals surface area (Å²) in [5.74, 6) is -0.200. The van der Waals surface area contributed by atoms with Gasteiger partial charge in [-0.1, -0.05) is 47.5 Å². The molecular weight excluding hydrogens is 262 g/mol. The van der Waals surface area contributed by atoms with Crippen molar-refractivity contribution in [3.05, 3.63) is 63.9 Å². The van der Waals surface area contributed by atoms with Gasteiger partial charge in [-0.2, -0.15) is 0 Å². The molecule has 0 unspecified atom stereocenters. The third-order valence-electron chi connectivity index (χ3n) is 2.25. The monoisotopic (exact) mass is 270 g/mol. The molecule has 0 aliphatic rings. The summed E-state index contributed by atoms with van der Waals surface area (Å²) < 4.78 is 18.6. The van der Waals surface area contributed by atoms with Crippen molar-refractivity contribution in [2.24, 2.45) is 0 Å². The third-order valence-corrected chi connectivity index (χ3v) is 3.11. The summed E-state index contributed by atoms with van der Waals surface area (Å²) >= 11 is 11.9. The lowest BCUT2D eigenvalue weighted by molar-refractivity contribution is 0.290. The third kappa shape index (κ3) is 2.90. The standard InChI is InChI=1S/C13H9Cl2FO/c14-10-5-3-4-9(13(10)15)8-17-12-7-2-1-6-11(12)16/h1-7H,8H2. The summed E-state index contributed by atoms with van der Waals surface area (Å²) in [6.07, 6.45) is 0. The first kappa shape index (κ1) is 12.2. The lowest BCUT2D eigenvalue weighted by atomic mass is 10.2. The molecule has 1 nitrogen and oxygen atoms in total. The molecule has 0 saturated carbocycles. The summed E-state index contributed by atoms with van der Waals surface area (Å²) in [5, 5.41) is 0.895. The molecule has 2 aromatic rings. The van der Waals surface area contributed by atoms with Crippen LogP contribution in [0.15, 0.2) is 42.5 Å². The van der Waals surface area contributed by atoms with Crippen molar-refractivity contribution >= 4 is 23.2 Å². The van der Waals surface area contributed by atoms with Gasteiger partial charge in [-0.05, 0) is 18.2 Å². The minimum atomic E-state index is -0.398. The summed E-state index contributed by atoms with van der Waals surface area (Å²) in [7, 11) is 0. The Kier molecular flexibility index (Phi) is 3.87. The number of rotatable bonds is 3. The molecular formula is C13H9Cl2FO. The number of ether oxygens (including phenoxy) is 1. The van der Waals surface area contributed by atoms with Gasteiger partial charge in [0.25, 0.3) is 0 Å². The molecule has 4 heteroatoms. The Balaban J connectivity index is 2.13. The van der Waals surface area contributed by atoms with E-state index in [1.165, 1.54) is 6.07 Å². The van der Waals surface area contributed by atoms with Gasteiger partial charge in [-0.15, -0.1) is 0 Å². The van der Waals surface area contributed by atoms with Gasteiger partial charge < -0.3 is 4.74 Å². The predicted molar refractivity (Wildman–Crippen MR) is 67.2 cm³/mol. The summed E-state index contributed by atoms with van der Waals surface area (Å²) in [4.78, 5) is 0. The van der Waals surface area contributed by atoms with Crippen LogP contribution < -0.4 is 4.74 Å². The normalized spacial score (nSPS) is 10.3. The summed E-state index contributed by atoms with van der Waals surface area (Å²) in [6.45, 7) is 0.181. The number of para-hydroxylation sites is 1. The predicted octanol–water partition coefficient (Wildman–Crippen LogP) is 4.71. The van der Waals surface area contributed by atoms with Gasteiger partial charge in [-0.25, -0.2) is 4.39 Å². The van der Waals surface area contributed by atoms with Crippen molar-refractivity contribution in [2.45, 2.75) is 6.61 Å². The Labute approximate surface area is 109 Å². The van der Waals surface area contributed by atoms with Crippen LogP contribution in [-0.4, -0.2) is 0 Å². The molecule has 0 amide bonds. The Morgan fingerprint density at radius 1 is 1.00 bits per heavy atom. The zero-order chi connectivity index (χ0) is 12.3. The average molecular weight is 271 g/mol. The Hall–Kier alpha value is -1.25. The smallest absolute Gasteiger partial charge is 0.165 e. The van der Waals surface area contributed by atoms with Gasteiger partial charge in [0.2, 0.25) is 0 Å². The fraction of sp³-hybridized carbons (Fsp3) is 0.0769. The van der Waals surface area contributed by atoms with Gasteiger partial charge in [0.1, 0.15) is 6.61 Å². The van der Waals surface area contributed by atoms with Crippen LogP contribution in [0.5, 0.6) is 5.75 Å². The highest BCUT2D eigenvalue weighted by atomic mass is 35.5. The SMILES string of the molecule is Fc1ccccc1OCc1cccc(Cl)c1Cl. The van der Waals surface area contributed by atoms with Crippen molar-refractivity contribution in [3.8, 4) is 5.75 Å². The van der Waals surface area contributed by atoms with E-state index in [4.69, 9.17) is 27.9 Å². The molecule has 0 spiro atoms.